The highest BCUT2D eigenvalue weighted by atomic mass is 16.5. The summed E-state index contributed by atoms with van der Waals surface area (Å²) in [5.41, 5.74) is 3.55. The molecule has 4 rings (SSSR count). The Morgan fingerprint density at radius 3 is 2.83 bits per heavy atom. The second-order valence-corrected chi connectivity index (χ2v) is 9.91. The van der Waals surface area contributed by atoms with E-state index >= 15 is 0 Å². The Labute approximate surface area is 208 Å². The number of unbranched alkanes of at least 4 members (excludes halogenated alkanes) is 1. The molecule has 7 nitrogen and oxygen atoms in total. The van der Waals surface area contributed by atoms with E-state index in [4.69, 9.17) is 4.74 Å². The molecule has 1 N–H and O–H groups in total. The predicted molar refractivity (Wildman–Crippen MR) is 138 cm³/mol. The Bertz CT molecular complexity index is 1110. The molecule has 0 aliphatic carbocycles. The zero-order valence-corrected chi connectivity index (χ0v) is 21.0. The van der Waals surface area contributed by atoms with Gasteiger partial charge in [-0.2, -0.15) is 0 Å². The number of pyridine rings is 1. The van der Waals surface area contributed by atoms with Gasteiger partial charge in [0.1, 0.15) is 5.75 Å². The van der Waals surface area contributed by atoms with E-state index in [0.717, 1.165) is 81.2 Å². The molecule has 3 heterocycles. The molecule has 1 fully saturated rings. The zero-order valence-electron chi connectivity index (χ0n) is 21.0. The summed E-state index contributed by atoms with van der Waals surface area (Å²) in [6.45, 7) is 3.02. The molecule has 0 radical (unpaired) electrons. The van der Waals surface area contributed by atoms with Gasteiger partial charge >= 0.3 is 5.97 Å². The lowest BCUT2D eigenvalue weighted by atomic mass is 9.79. The lowest BCUT2D eigenvalue weighted by Gasteiger charge is -2.38. The number of hydrogen-bond acceptors (Lipinski definition) is 5. The first-order valence-electron chi connectivity index (χ1n) is 12.8. The van der Waals surface area contributed by atoms with E-state index in [1.165, 1.54) is 11.3 Å². The number of aromatic nitrogens is 3. The van der Waals surface area contributed by atoms with E-state index in [-0.39, 0.29) is 12.3 Å². The maximum absolute atomic E-state index is 11.6. The van der Waals surface area contributed by atoms with Crippen molar-refractivity contribution in [3.8, 4) is 5.75 Å². The van der Waals surface area contributed by atoms with Gasteiger partial charge in [0.25, 0.3) is 0 Å². The maximum Gasteiger partial charge on any atom is 0.303 e. The monoisotopic (exact) mass is 478 g/mol. The van der Waals surface area contributed by atoms with Crippen molar-refractivity contribution < 1.29 is 14.6 Å². The number of nitrogens with zero attached hydrogens (tertiary/aromatic N) is 4. The fourth-order valence-corrected chi connectivity index (χ4v) is 5.54. The normalized spacial score (nSPS) is 18.7. The number of fused-ring (bicyclic) bond motifs is 1. The van der Waals surface area contributed by atoms with Crippen LogP contribution >= 0.6 is 0 Å². The molecule has 188 valence electrons. The smallest absolute Gasteiger partial charge is 0.303 e. The summed E-state index contributed by atoms with van der Waals surface area (Å²) in [7, 11) is 3.73. The molecule has 35 heavy (non-hydrogen) atoms. The lowest BCUT2D eigenvalue weighted by molar-refractivity contribution is -0.139. The first-order valence-corrected chi connectivity index (χ1v) is 12.8. The second-order valence-electron chi connectivity index (χ2n) is 9.91. The number of aryl methyl sites for hydroxylation is 3. The average molecular weight is 479 g/mol. The van der Waals surface area contributed by atoms with Crippen LogP contribution in [0, 0.1) is 11.8 Å². The molecule has 2 atom stereocenters. The molecular weight excluding hydrogens is 440 g/mol. The Hall–Kier alpha value is -2.93. The summed E-state index contributed by atoms with van der Waals surface area (Å²) >= 11 is 0. The van der Waals surface area contributed by atoms with Crippen molar-refractivity contribution in [2.24, 2.45) is 18.9 Å². The van der Waals surface area contributed by atoms with Crippen molar-refractivity contribution in [2.45, 2.75) is 51.4 Å². The van der Waals surface area contributed by atoms with Crippen molar-refractivity contribution in [2.75, 3.05) is 26.7 Å². The Balaban J connectivity index is 1.28. The number of carbonyl (C=O) groups is 1. The topological polar surface area (TPSA) is 80.5 Å². The second kappa shape index (κ2) is 12.2. The summed E-state index contributed by atoms with van der Waals surface area (Å²) in [5, 5.41) is 10.7. The molecule has 0 bridgehead atoms. The largest absolute Gasteiger partial charge is 0.497 e. The van der Waals surface area contributed by atoms with E-state index < -0.39 is 5.97 Å². The number of carboxylic acids is 1. The van der Waals surface area contributed by atoms with Crippen LogP contribution in [0.2, 0.25) is 0 Å². The fraction of sp³-hybridized carbons (Fsp3) is 0.536. The third kappa shape index (κ3) is 6.82. The number of piperidine rings is 1. The van der Waals surface area contributed by atoms with Gasteiger partial charge < -0.3 is 19.3 Å². The fourth-order valence-electron chi connectivity index (χ4n) is 5.54. The van der Waals surface area contributed by atoms with E-state index in [1.54, 1.807) is 7.11 Å². The molecule has 0 saturated carbocycles. The van der Waals surface area contributed by atoms with Crippen molar-refractivity contribution in [1.82, 2.24) is 19.4 Å². The minimum atomic E-state index is -0.676. The first-order chi connectivity index (χ1) is 17.0. The van der Waals surface area contributed by atoms with E-state index in [9.17, 15) is 9.90 Å². The quantitative estimate of drug-likeness (QED) is 0.379. The third-order valence-electron chi connectivity index (χ3n) is 7.55. The molecule has 1 aliphatic heterocycles. The number of rotatable bonds is 12. The van der Waals surface area contributed by atoms with Crippen molar-refractivity contribution in [3.05, 3.63) is 54.2 Å². The maximum atomic E-state index is 11.6. The average Bonchev–Trinajstić information content (AvgIpc) is 3.27. The number of hydrogen-bond donors (Lipinski definition) is 1. The molecule has 7 heteroatoms. The highest BCUT2D eigenvalue weighted by molar-refractivity contribution is 5.83. The van der Waals surface area contributed by atoms with Gasteiger partial charge in [-0.1, -0.05) is 0 Å². The van der Waals surface area contributed by atoms with Gasteiger partial charge in [-0.05, 0) is 99.7 Å². The van der Waals surface area contributed by atoms with E-state index in [2.05, 4.69) is 31.6 Å². The summed E-state index contributed by atoms with van der Waals surface area (Å²) < 4.78 is 7.49. The zero-order chi connectivity index (χ0) is 24.6. The molecule has 0 spiro atoms. The highest BCUT2D eigenvalue weighted by Crippen LogP contribution is 2.32. The van der Waals surface area contributed by atoms with Crippen LogP contribution in [0.5, 0.6) is 5.75 Å². The van der Waals surface area contributed by atoms with Gasteiger partial charge in [0, 0.05) is 43.5 Å². The Morgan fingerprint density at radius 2 is 2.06 bits per heavy atom. The summed E-state index contributed by atoms with van der Waals surface area (Å²) in [6.07, 6.45) is 13.4. The molecule has 0 unspecified atom stereocenters. The number of imidazole rings is 1. The molecule has 3 aromatic rings. The molecule has 1 saturated heterocycles. The van der Waals surface area contributed by atoms with Crippen LogP contribution in [0.3, 0.4) is 0 Å². The number of aliphatic carboxylic acids is 1. The van der Waals surface area contributed by atoms with Crippen LogP contribution in [0.4, 0.5) is 0 Å². The van der Waals surface area contributed by atoms with Crippen LogP contribution in [0.15, 0.2) is 43.0 Å². The van der Waals surface area contributed by atoms with Gasteiger partial charge in [-0.3, -0.25) is 9.78 Å². The number of carboxylic acid groups (broad SMARTS) is 1. The molecule has 1 aliphatic rings. The van der Waals surface area contributed by atoms with Crippen LogP contribution in [0.1, 0.15) is 49.8 Å². The van der Waals surface area contributed by atoms with Crippen molar-refractivity contribution in [1.29, 1.82) is 0 Å². The lowest BCUT2D eigenvalue weighted by Crippen LogP contribution is -2.41. The third-order valence-corrected chi connectivity index (χ3v) is 7.55. The first kappa shape index (κ1) is 25.2. The summed E-state index contributed by atoms with van der Waals surface area (Å²) in [6, 6.07) is 8.12. The van der Waals surface area contributed by atoms with Gasteiger partial charge in [-0.25, -0.2) is 4.98 Å². The van der Waals surface area contributed by atoms with Gasteiger partial charge in [0.2, 0.25) is 0 Å². The minimum Gasteiger partial charge on any atom is -0.497 e. The molecule has 1 aromatic carbocycles. The van der Waals surface area contributed by atoms with E-state index in [0.29, 0.717) is 5.92 Å². The molecule has 0 amide bonds. The Morgan fingerprint density at radius 1 is 1.17 bits per heavy atom. The van der Waals surface area contributed by atoms with Crippen LogP contribution in [-0.2, 0) is 24.7 Å². The number of benzene rings is 1. The number of ether oxygens (including phenoxy) is 1. The highest BCUT2D eigenvalue weighted by Gasteiger charge is 2.30. The summed E-state index contributed by atoms with van der Waals surface area (Å²) in [5.74, 6) is 0.873. The number of likely N-dealkylation sites (tertiary alicyclic amines) is 1. The van der Waals surface area contributed by atoms with Crippen LogP contribution in [-0.4, -0.2) is 57.3 Å². The van der Waals surface area contributed by atoms with Gasteiger partial charge in [0.05, 0.1) is 19.0 Å². The predicted octanol–water partition coefficient (Wildman–Crippen LogP) is 4.74. The minimum absolute atomic E-state index is 0.229. The van der Waals surface area contributed by atoms with Crippen molar-refractivity contribution >= 4 is 16.9 Å². The van der Waals surface area contributed by atoms with Gasteiger partial charge in [-0.15, -0.1) is 0 Å². The van der Waals surface area contributed by atoms with Crippen LogP contribution < -0.4 is 4.74 Å². The summed E-state index contributed by atoms with van der Waals surface area (Å²) in [4.78, 5) is 22.8. The molecule has 2 aromatic heterocycles. The molecular formula is C28H38N4O3. The van der Waals surface area contributed by atoms with Crippen molar-refractivity contribution in [3.63, 3.8) is 0 Å². The Kier molecular flexibility index (Phi) is 8.74. The number of methoxy groups -OCH3 is 1. The van der Waals surface area contributed by atoms with Gasteiger partial charge in [0.15, 0.2) is 0 Å². The standard InChI is InChI=1S/C28H38N4O3/c1-31-20-29-18-24(31)8-3-4-14-32-15-12-21(23(19-32)16-28(33)34)6-5-7-22-11-13-30-27-10-9-25(35-2)17-26(22)27/h9-11,13,17-18,20-21,23H,3-8,12,14-16,19H2,1-2H3,(H,33,34)/t21-,23+/m1/s1. The SMILES string of the molecule is COc1ccc2nccc(CCC[C@@H]3CCN(CCCCc4cncn4C)C[C@@H]3CC(=O)O)c2c1. The van der Waals surface area contributed by atoms with Crippen LogP contribution in [0.25, 0.3) is 10.9 Å². The van der Waals surface area contributed by atoms with E-state index in [1.807, 2.05) is 37.9 Å².